The summed E-state index contributed by atoms with van der Waals surface area (Å²) in [7, 11) is 1.68. The SMILES string of the molecule is CCC/C=C(OC)\C(=C/N)c1ccc2c(C(=O)C(C)Cc3cccc(Cl)c3)c(CC)n(CCC)c2c1. The summed E-state index contributed by atoms with van der Waals surface area (Å²) in [4.78, 5) is 13.9. The van der Waals surface area contributed by atoms with Crippen LogP contribution < -0.4 is 5.73 Å². The Labute approximate surface area is 220 Å². The maximum atomic E-state index is 13.9. The molecule has 0 bridgehead atoms. The van der Waals surface area contributed by atoms with Crippen molar-refractivity contribution < 1.29 is 9.53 Å². The zero-order valence-corrected chi connectivity index (χ0v) is 23.0. The summed E-state index contributed by atoms with van der Waals surface area (Å²) >= 11 is 6.19. The molecule has 0 aliphatic carbocycles. The lowest BCUT2D eigenvalue weighted by atomic mass is 9.90. The Morgan fingerprint density at radius 1 is 1.14 bits per heavy atom. The predicted molar refractivity (Wildman–Crippen MR) is 152 cm³/mol. The van der Waals surface area contributed by atoms with Gasteiger partial charge < -0.3 is 15.0 Å². The van der Waals surface area contributed by atoms with Crippen LogP contribution in [0.4, 0.5) is 0 Å². The van der Waals surface area contributed by atoms with E-state index in [0.29, 0.717) is 11.4 Å². The molecule has 0 saturated carbocycles. The lowest BCUT2D eigenvalue weighted by Gasteiger charge is -2.13. The average molecular weight is 507 g/mol. The molecule has 3 rings (SSSR count). The fourth-order valence-corrected chi connectivity index (χ4v) is 5.16. The van der Waals surface area contributed by atoms with Crippen LogP contribution in [-0.4, -0.2) is 17.5 Å². The van der Waals surface area contributed by atoms with Gasteiger partial charge in [0, 0.05) is 51.4 Å². The first-order chi connectivity index (χ1) is 17.4. The predicted octanol–water partition coefficient (Wildman–Crippen LogP) is 7.96. The number of ketones is 1. The monoisotopic (exact) mass is 506 g/mol. The smallest absolute Gasteiger partial charge is 0.168 e. The number of rotatable bonds is 12. The summed E-state index contributed by atoms with van der Waals surface area (Å²) < 4.78 is 7.99. The van der Waals surface area contributed by atoms with Crippen molar-refractivity contribution in [3.05, 3.63) is 87.9 Å². The lowest BCUT2D eigenvalue weighted by molar-refractivity contribution is 0.0930. The van der Waals surface area contributed by atoms with E-state index in [4.69, 9.17) is 22.1 Å². The molecule has 0 amide bonds. The number of ether oxygens (including phenoxy) is 1. The van der Waals surface area contributed by atoms with Gasteiger partial charge in [0.15, 0.2) is 5.78 Å². The molecule has 192 valence electrons. The number of nitrogens with two attached hydrogens (primary N) is 1. The molecule has 1 heterocycles. The number of unbranched alkanes of at least 4 members (excludes halogenated alkanes) is 1. The number of hydrogen-bond acceptors (Lipinski definition) is 3. The Morgan fingerprint density at radius 3 is 2.53 bits per heavy atom. The first kappa shape index (κ1) is 27.6. The number of aryl methyl sites for hydroxylation is 1. The van der Waals surface area contributed by atoms with Gasteiger partial charge in [0.1, 0.15) is 5.76 Å². The number of Topliss-reactive ketones (excluding diaryl/α,β-unsaturated/α-hetero) is 1. The molecule has 1 aromatic heterocycles. The Kier molecular flexibility index (Phi) is 9.83. The van der Waals surface area contributed by atoms with Gasteiger partial charge in [-0.2, -0.15) is 0 Å². The molecule has 4 nitrogen and oxygen atoms in total. The topological polar surface area (TPSA) is 57.2 Å². The van der Waals surface area contributed by atoms with E-state index in [1.807, 2.05) is 37.3 Å². The van der Waals surface area contributed by atoms with Crippen molar-refractivity contribution in [2.75, 3.05) is 7.11 Å². The van der Waals surface area contributed by atoms with Crippen LogP contribution >= 0.6 is 11.6 Å². The van der Waals surface area contributed by atoms with Crippen LogP contribution in [-0.2, 0) is 24.1 Å². The third-order valence-corrected chi connectivity index (χ3v) is 6.90. The number of nitrogens with zero attached hydrogens (tertiary/aromatic N) is 1. The maximum Gasteiger partial charge on any atom is 0.168 e. The summed E-state index contributed by atoms with van der Waals surface area (Å²) in [6.45, 7) is 9.29. The highest BCUT2D eigenvalue weighted by molar-refractivity contribution is 6.30. The van der Waals surface area contributed by atoms with Crippen LogP contribution in [0.2, 0.25) is 5.02 Å². The number of hydrogen-bond donors (Lipinski definition) is 1. The number of halogens is 1. The standard InChI is InChI=1S/C31H39ClN2O2/c1-6-9-13-29(36-5)26(20-33)23-14-15-25-28(19-23)34(16-7-2)27(8-3)30(25)31(35)21(4)17-22-11-10-12-24(32)18-22/h10-15,18-21H,6-9,16-17,33H2,1-5H3/b26-20-,29-13+. The van der Waals surface area contributed by atoms with E-state index in [-0.39, 0.29) is 11.7 Å². The highest BCUT2D eigenvalue weighted by Crippen LogP contribution is 2.34. The van der Waals surface area contributed by atoms with E-state index in [1.54, 1.807) is 13.3 Å². The van der Waals surface area contributed by atoms with Crippen LogP contribution in [0.3, 0.4) is 0 Å². The number of aromatic nitrogens is 1. The number of methoxy groups -OCH3 is 1. The largest absolute Gasteiger partial charge is 0.496 e. The van der Waals surface area contributed by atoms with Crippen molar-refractivity contribution in [1.82, 2.24) is 4.57 Å². The summed E-state index contributed by atoms with van der Waals surface area (Å²) in [5.74, 6) is 0.787. The minimum atomic E-state index is -0.161. The number of carbonyl (C=O) groups is 1. The molecule has 0 aliphatic rings. The first-order valence-electron chi connectivity index (χ1n) is 13.0. The lowest BCUT2D eigenvalue weighted by Crippen LogP contribution is -2.16. The van der Waals surface area contributed by atoms with Crippen LogP contribution in [0.1, 0.15) is 74.1 Å². The Bertz CT molecular complexity index is 1270. The Hall–Kier alpha value is -2.98. The second-order valence-corrected chi connectivity index (χ2v) is 9.74. The van der Waals surface area contributed by atoms with E-state index in [9.17, 15) is 4.79 Å². The average Bonchev–Trinajstić information content (AvgIpc) is 3.18. The summed E-state index contributed by atoms with van der Waals surface area (Å²) in [6.07, 6.45) is 8.05. The quantitative estimate of drug-likeness (QED) is 0.154. The second kappa shape index (κ2) is 12.8. The molecule has 0 fully saturated rings. The molecule has 1 atom stereocenters. The Morgan fingerprint density at radius 2 is 1.92 bits per heavy atom. The molecule has 5 heteroatoms. The van der Waals surface area contributed by atoms with Gasteiger partial charge in [0.05, 0.1) is 7.11 Å². The molecular weight excluding hydrogens is 468 g/mol. The zero-order chi connectivity index (χ0) is 26.2. The molecule has 3 aromatic rings. The van der Waals surface area contributed by atoms with Gasteiger partial charge in [-0.25, -0.2) is 0 Å². The molecule has 0 aliphatic heterocycles. The van der Waals surface area contributed by atoms with Gasteiger partial charge in [-0.1, -0.05) is 70.0 Å². The fourth-order valence-electron chi connectivity index (χ4n) is 4.95. The molecule has 1 unspecified atom stereocenters. The van der Waals surface area contributed by atoms with Crippen molar-refractivity contribution in [2.24, 2.45) is 11.7 Å². The number of carbonyl (C=O) groups excluding carboxylic acids is 1. The van der Waals surface area contributed by atoms with E-state index < -0.39 is 0 Å². The third-order valence-electron chi connectivity index (χ3n) is 6.66. The number of benzene rings is 2. The molecule has 0 saturated heterocycles. The van der Waals surface area contributed by atoms with Crippen molar-refractivity contribution in [3.8, 4) is 0 Å². The molecule has 2 N–H and O–H groups in total. The van der Waals surface area contributed by atoms with Gasteiger partial charge in [-0.15, -0.1) is 0 Å². The van der Waals surface area contributed by atoms with Gasteiger partial charge in [-0.3, -0.25) is 4.79 Å². The van der Waals surface area contributed by atoms with Crippen molar-refractivity contribution >= 4 is 33.9 Å². The molecule has 2 aromatic carbocycles. The normalized spacial score (nSPS) is 13.3. The third kappa shape index (κ3) is 5.87. The molecule has 36 heavy (non-hydrogen) atoms. The van der Waals surface area contributed by atoms with Crippen LogP contribution in [0.5, 0.6) is 0 Å². The van der Waals surface area contributed by atoms with Gasteiger partial charge >= 0.3 is 0 Å². The highest BCUT2D eigenvalue weighted by atomic mass is 35.5. The van der Waals surface area contributed by atoms with Gasteiger partial charge in [-0.05, 0) is 61.1 Å². The van der Waals surface area contributed by atoms with Crippen molar-refractivity contribution in [3.63, 3.8) is 0 Å². The Balaban J connectivity index is 2.11. The number of fused-ring (bicyclic) bond motifs is 1. The van der Waals surface area contributed by atoms with Gasteiger partial charge in [0.2, 0.25) is 0 Å². The van der Waals surface area contributed by atoms with E-state index in [1.165, 1.54) is 0 Å². The highest BCUT2D eigenvalue weighted by Gasteiger charge is 2.26. The van der Waals surface area contributed by atoms with Crippen LogP contribution in [0, 0.1) is 5.92 Å². The summed E-state index contributed by atoms with van der Waals surface area (Å²) in [5.41, 5.74) is 12.0. The number of allylic oxidation sites excluding steroid dienone is 2. The van der Waals surface area contributed by atoms with E-state index in [0.717, 1.165) is 76.8 Å². The van der Waals surface area contributed by atoms with Crippen molar-refractivity contribution in [1.29, 1.82) is 0 Å². The van der Waals surface area contributed by atoms with Gasteiger partial charge in [0.25, 0.3) is 0 Å². The zero-order valence-electron chi connectivity index (χ0n) is 22.2. The summed E-state index contributed by atoms with van der Waals surface area (Å²) in [5, 5.41) is 1.69. The maximum absolute atomic E-state index is 13.9. The first-order valence-corrected chi connectivity index (χ1v) is 13.4. The minimum Gasteiger partial charge on any atom is -0.496 e. The van der Waals surface area contributed by atoms with E-state index in [2.05, 4.69) is 43.5 Å². The van der Waals surface area contributed by atoms with E-state index >= 15 is 0 Å². The molecule has 0 radical (unpaired) electrons. The molecule has 0 spiro atoms. The van der Waals surface area contributed by atoms with Crippen molar-refractivity contribution in [2.45, 2.75) is 66.3 Å². The molecular formula is C31H39ClN2O2. The second-order valence-electron chi connectivity index (χ2n) is 9.30. The fraction of sp³-hybridized carbons (Fsp3) is 0.387. The summed E-state index contributed by atoms with van der Waals surface area (Å²) in [6, 6.07) is 14.0. The van der Waals surface area contributed by atoms with Crippen LogP contribution in [0.25, 0.3) is 16.5 Å². The minimum absolute atomic E-state index is 0.161. The van der Waals surface area contributed by atoms with Crippen LogP contribution in [0.15, 0.2) is 60.5 Å².